The van der Waals surface area contributed by atoms with E-state index in [1.807, 2.05) is 11.8 Å². The van der Waals surface area contributed by atoms with Crippen molar-refractivity contribution in [3.63, 3.8) is 0 Å². The number of benzene rings is 1. The van der Waals surface area contributed by atoms with E-state index in [0.717, 1.165) is 12.2 Å². The molecular formula is C14H17ClN2O3S. The van der Waals surface area contributed by atoms with Crippen molar-refractivity contribution in [3.05, 3.63) is 29.3 Å². The summed E-state index contributed by atoms with van der Waals surface area (Å²) in [6.45, 7) is 0.179. The van der Waals surface area contributed by atoms with Gasteiger partial charge in [0.05, 0.1) is 0 Å². The van der Waals surface area contributed by atoms with Crippen LogP contribution in [0.3, 0.4) is 0 Å². The molecule has 2 amide bonds. The van der Waals surface area contributed by atoms with Crippen LogP contribution in [-0.2, 0) is 4.79 Å². The molecule has 1 unspecified atom stereocenters. The topological polar surface area (TPSA) is 69.6 Å². The zero-order chi connectivity index (χ0) is 15.2. The van der Waals surface area contributed by atoms with Crippen LogP contribution >= 0.6 is 23.4 Å². The summed E-state index contributed by atoms with van der Waals surface area (Å²) in [4.78, 5) is 24.4. The van der Waals surface area contributed by atoms with Gasteiger partial charge in [-0.1, -0.05) is 11.6 Å². The van der Waals surface area contributed by atoms with Gasteiger partial charge in [-0.3, -0.25) is 9.69 Å². The Hall–Kier alpha value is -1.40. The van der Waals surface area contributed by atoms with Crippen molar-refractivity contribution in [2.24, 2.45) is 0 Å². The van der Waals surface area contributed by atoms with E-state index in [1.165, 1.54) is 11.3 Å². The average Bonchev–Trinajstić information content (AvgIpc) is 2.96. The Morgan fingerprint density at radius 3 is 2.67 bits per heavy atom. The van der Waals surface area contributed by atoms with Gasteiger partial charge >= 0.3 is 12.0 Å². The first kappa shape index (κ1) is 16.0. The SMILES string of the molecule is O=C(O)CN(C(=O)NCC1CCCS1)c1ccc(Cl)cc1. The second-order valence-electron chi connectivity index (χ2n) is 4.78. The Balaban J connectivity index is 2.01. The van der Waals surface area contributed by atoms with Gasteiger partial charge in [0, 0.05) is 22.5 Å². The predicted molar refractivity (Wildman–Crippen MR) is 85.3 cm³/mol. The zero-order valence-electron chi connectivity index (χ0n) is 11.4. The van der Waals surface area contributed by atoms with Crippen molar-refractivity contribution in [2.75, 3.05) is 23.7 Å². The lowest BCUT2D eigenvalue weighted by Gasteiger charge is -2.22. The minimum atomic E-state index is -1.06. The number of hydrogen-bond acceptors (Lipinski definition) is 3. The number of nitrogens with one attached hydrogen (secondary N) is 1. The molecule has 1 saturated heterocycles. The molecule has 21 heavy (non-hydrogen) atoms. The van der Waals surface area contributed by atoms with E-state index in [1.54, 1.807) is 24.3 Å². The lowest BCUT2D eigenvalue weighted by atomic mass is 10.2. The number of carboxylic acids is 1. The second kappa shape index (κ2) is 7.56. The molecule has 0 radical (unpaired) electrons. The zero-order valence-corrected chi connectivity index (χ0v) is 13.0. The summed E-state index contributed by atoms with van der Waals surface area (Å²) in [7, 11) is 0. The highest BCUT2D eigenvalue weighted by atomic mass is 35.5. The van der Waals surface area contributed by atoms with Crippen LogP contribution in [-0.4, -0.2) is 41.2 Å². The monoisotopic (exact) mass is 328 g/mol. The molecule has 5 nitrogen and oxygen atoms in total. The number of amides is 2. The molecule has 2 N–H and O–H groups in total. The number of urea groups is 1. The molecule has 1 aromatic carbocycles. The number of carboxylic acid groups (broad SMARTS) is 1. The van der Waals surface area contributed by atoms with E-state index in [4.69, 9.17) is 16.7 Å². The molecular weight excluding hydrogens is 312 g/mol. The quantitative estimate of drug-likeness (QED) is 0.872. The highest BCUT2D eigenvalue weighted by Crippen LogP contribution is 2.25. The lowest BCUT2D eigenvalue weighted by Crippen LogP contribution is -2.44. The number of halogens is 1. The minimum Gasteiger partial charge on any atom is -0.480 e. The van der Waals surface area contributed by atoms with Gasteiger partial charge in [0.15, 0.2) is 0 Å². The van der Waals surface area contributed by atoms with Crippen LogP contribution in [0, 0.1) is 0 Å². The average molecular weight is 329 g/mol. The molecule has 0 aromatic heterocycles. The van der Waals surface area contributed by atoms with Crippen molar-refractivity contribution in [1.82, 2.24) is 5.32 Å². The van der Waals surface area contributed by atoms with Crippen LogP contribution < -0.4 is 10.2 Å². The molecule has 2 rings (SSSR count). The maximum Gasteiger partial charge on any atom is 0.323 e. The molecule has 1 aliphatic heterocycles. The molecule has 1 heterocycles. The van der Waals surface area contributed by atoms with E-state index in [2.05, 4.69) is 5.32 Å². The van der Waals surface area contributed by atoms with E-state index in [0.29, 0.717) is 22.5 Å². The van der Waals surface area contributed by atoms with E-state index in [9.17, 15) is 9.59 Å². The molecule has 7 heteroatoms. The number of carbonyl (C=O) groups is 2. The third-order valence-electron chi connectivity index (χ3n) is 3.18. The van der Waals surface area contributed by atoms with Crippen LogP contribution in [0.1, 0.15) is 12.8 Å². The molecule has 0 aliphatic carbocycles. The van der Waals surface area contributed by atoms with Gasteiger partial charge < -0.3 is 10.4 Å². The summed E-state index contributed by atoms with van der Waals surface area (Å²) in [6, 6.07) is 6.13. The number of anilines is 1. The maximum atomic E-state index is 12.2. The number of aliphatic carboxylic acids is 1. The normalized spacial score (nSPS) is 17.5. The Labute approximate surface area is 132 Å². The molecule has 1 fully saturated rings. The number of hydrogen-bond donors (Lipinski definition) is 2. The minimum absolute atomic E-state index is 0.384. The lowest BCUT2D eigenvalue weighted by molar-refractivity contribution is -0.135. The molecule has 0 saturated carbocycles. The maximum absolute atomic E-state index is 12.2. The summed E-state index contributed by atoms with van der Waals surface area (Å²) in [5.41, 5.74) is 0.512. The highest BCUT2D eigenvalue weighted by molar-refractivity contribution is 8.00. The summed E-state index contributed by atoms with van der Waals surface area (Å²) >= 11 is 7.65. The van der Waals surface area contributed by atoms with Gasteiger partial charge in [-0.15, -0.1) is 0 Å². The standard InChI is InChI=1S/C14H17ClN2O3S/c15-10-3-5-11(6-4-10)17(9-13(18)19)14(20)16-8-12-2-1-7-21-12/h3-6,12H,1-2,7-9H2,(H,16,20)(H,18,19). The third kappa shape index (κ3) is 4.82. The van der Waals surface area contributed by atoms with Crippen molar-refractivity contribution in [2.45, 2.75) is 18.1 Å². The number of rotatable bonds is 5. The summed E-state index contributed by atoms with van der Waals surface area (Å²) < 4.78 is 0. The van der Waals surface area contributed by atoms with E-state index in [-0.39, 0.29) is 6.54 Å². The number of carbonyl (C=O) groups excluding carboxylic acids is 1. The van der Waals surface area contributed by atoms with Gasteiger partial charge in [0.25, 0.3) is 0 Å². The van der Waals surface area contributed by atoms with Crippen LogP contribution in [0.25, 0.3) is 0 Å². The fourth-order valence-corrected chi connectivity index (χ4v) is 3.47. The van der Waals surface area contributed by atoms with Crippen molar-refractivity contribution < 1.29 is 14.7 Å². The summed E-state index contributed by atoms with van der Waals surface area (Å²) in [5.74, 6) is 0.0617. The molecule has 0 bridgehead atoms. The first-order valence-electron chi connectivity index (χ1n) is 6.70. The Morgan fingerprint density at radius 2 is 2.10 bits per heavy atom. The fraction of sp³-hybridized carbons (Fsp3) is 0.429. The third-order valence-corrected chi connectivity index (χ3v) is 4.83. The van der Waals surface area contributed by atoms with Gasteiger partial charge in [0.2, 0.25) is 0 Å². The number of nitrogens with zero attached hydrogens (tertiary/aromatic N) is 1. The Morgan fingerprint density at radius 1 is 1.38 bits per heavy atom. The van der Waals surface area contributed by atoms with E-state index < -0.39 is 12.0 Å². The van der Waals surface area contributed by atoms with Crippen molar-refractivity contribution in [1.29, 1.82) is 0 Å². The Kier molecular flexibility index (Phi) is 5.76. The van der Waals surface area contributed by atoms with Crippen LogP contribution in [0.4, 0.5) is 10.5 Å². The largest absolute Gasteiger partial charge is 0.480 e. The number of thioether (sulfide) groups is 1. The van der Waals surface area contributed by atoms with Crippen molar-refractivity contribution in [3.8, 4) is 0 Å². The second-order valence-corrected chi connectivity index (χ2v) is 6.62. The molecule has 114 valence electrons. The summed E-state index contributed by atoms with van der Waals surface area (Å²) in [6.07, 6.45) is 2.26. The molecule has 1 aliphatic rings. The molecule has 1 atom stereocenters. The fourth-order valence-electron chi connectivity index (χ4n) is 2.14. The van der Waals surface area contributed by atoms with Gasteiger partial charge in [0.1, 0.15) is 6.54 Å². The summed E-state index contributed by atoms with van der Waals surface area (Å²) in [5, 5.41) is 12.8. The van der Waals surface area contributed by atoms with Gasteiger partial charge in [-0.05, 0) is 42.9 Å². The molecule has 1 aromatic rings. The Bertz CT molecular complexity index is 503. The van der Waals surface area contributed by atoms with Crippen molar-refractivity contribution >= 4 is 41.1 Å². The van der Waals surface area contributed by atoms with E-state index >= 15 is 0 Å². The highest BCUT2D eigenvalue weighted by Gasteiger charge is 2.21. The van der Waals surface area contributed by atoms with Gasteiger partial charge in [-0.2, -0.15) is 11.8 Å². The predicted octanol–water partition coefficient (Wildman–Crippen LogP) is 2.84. The first-order chi connectivity index (χ1) is 10.1. The van der Waals surface area contributed by atoms with Crippen LogP contribution in [0.2, 0.25) is 5.02 Å². The first-order valence-corrected chi connectivity index (χ1v) is 8.13. The molecule has 0 spiro atoms. The van der Waals surface area contributed by atoms with Gasteiger partial charge in [-0.25, -0.2) is 4.79 Å². The van der Waals surface area contributed by atoms with Crippen LogP contribution in [0.15, 0.2) is 24.3 Å². The van der Waals surface area contributed by atoms with Crippen LogP contribution in [0.5, 0.6) is 0 Å². The smallest absolute Gasteiger partial charge is 0.323 e.